The monoisotopic (exact) mass is 360 g/mol. The molecule has 0 aliphatic rings. The van der Waals surface area contributed by atoms with E-state index in [-0.39, 0.29) is 11.4 Å². The van der Waals surface area contributed by atoms with Gasteiger partial charge in [-0.25, -0.2) is 13.1 Å². The molecule has 0 fully saturated rings. The fraction of sp³-hybridized carbons (Fsp3) is 0.118. The number of ether oxygens (including phenoxy) is 1. The molecule has 0 amide bonds. The van der Waals surface area contributed by atoms with Crippen LogP contribution in [0, 0.1) is 0 Å². The molecule has 1 N–H and O–H groups in total. The molecule has 24 heavy (non-hydrogen) atoms. The van der Waals surface area contributed by atoms with Gasteiger partial charge in [-0.2, -0.15) is 11.3 Å². The second-order valence-corrected chi connectivity index (χ2v) is 7.57. The van der Waals surface area contributed by atoms with Crippen molar-refractivity contribution >= 4 is 21.4 Å². The third kappa shape index (κ3) is 3.64. The van der Waals surface area contributed by atoms with Crippen molar-refractivity contribution in [3.8, 4) is 17.0 Å². The molecule has 3 aromatic rings. The first-order valence-corrected chi connectivity index (χ1v) is 9.63. The van der Waals surface area contributed by atoms with Crippen LogP contribution in [0.15, 0.2) is 64.3 Å². The molecule has 0 aliphatic carbocycles. The van der Waals surface area contributed by atoms with E-state index in [2.05, 4.69) is 9.71 Å². The average Bonchev–Trinajstić information content (AvgIpc) is 3.15. The summed E-state index contributed by atoms with van der Waals surface area (Å²) in [6, 6.07) is 12.0. The predicted molar refractivity (Wildman–Crippen MR) is 94.6 cm³/mol. The molecule has 2 aromatic heterocycles. The maximum atomic E-state index is 12.5. The van der Waals surface area contributed by atoms with Crippen LogP contribution in [0.3, 0.4) is 0 Å². The SMILES string of the molecule is COc1cccc(S(=O)(=O)NCc2cccnc2-c2ccsc2)c1. The number of nitrogens with one attached hydrogen (secondary N) is 1. The summed E-state index contributed by atoms with van der Waals surface area (Å²) in [6.07, 6.45) is 1.70. The molecular weight excluding hydrogens is 344 g/mol. The third-order valence-electron chi connectivity index (χ3n) is 3.49. The van der Waals surface area contributed by atoms with Crippen molar-refractivity contribution in [3.63, 3.8) is 0 Å². The van der Waals surface area contributed by atoms with Gasteiger partial charge in [-0.1, -0.05) is 12.1 Å². The number of sulfonamides is 1. The van der Waals surface area contributed by atoms with Crippen molar-refractivity contribution in [2.24, 2.45) is 0 Å². The van der Waals surface area contributed by atoms with Crippen molar-refractivity contribution in [3.05, 3.63) is 65.0 Å². The fourth-order valence-electron chi connectivity index (χ4n) is 2.26. The molecule has 5 nitrogen and oxygen atoms in total. The molecule has 0 saturated carbocycles. The van der Waals surface area contributed by atoms with Crippen molar-refractivity contribution in [1.29, 1.82) is 0 Å². The molecule has 0 bridgehead atoms. The lowest BCUT2D eigenvalue weighted by molar-refractivity contribution is 0.413. The molecule has 0 spiro atoms. The lowest BCUT2D eigenvalue weighted by atomic mass is 10.1. The van der Waals surface area contributed by atoms with E-state index in [9.17, 15) is 8.42 Å². The molecular formula is C17H16N2O3S2. The van der Waals surface area contributed by atoms with E-state index in [1.165, 1.54) is 19.2 Å². The van der Waals surface area contributed by atoms with Gasteiger partial charge in [0.25, 0.3) is 0 Å². The molecule has 2 heterocycles. The Morgan fingerprint density at radius 2 is 2.08 bits per heavy atom. The summed E-state index contributed by atoms with van der Waals surface area (Å²) in [4.78, 5) is 4.54. The van der Waals surface area contributed by atoms with E-state index in [0.29, 0.717) is 5.75 Å². The molecule has 124 valence electrons. The number of methoxy groups -OCH3 is 1. The number of hydrogen-bond donors (Lipinski definition) is 1. The fourth-order valence-corrected chi connectivity index (χ4v) is 3.95. The van der Waals surface area contributed by atoms with Crippen LogP contribution >= 0.6 is 11.3 Å². The molecule has 0 radical (unpaired) electrons. The third-order valence-corrected chi connectivity index (χ3v) is 5.57. The molecule has 0 aliphatic heterocycles. The lowest BCUT2D eigenvalue weighted by Crippen LogP contribution is -2.23. The largest absolute Gasteiger partial charge is 0.497 e. The van der Waals surface area contributed by atoms with Crippen molar-refractivity contribution in [2.45, 2.75) is 11.4 Å². The highest BCUT2D eigenvalue weighted by Crippen LogP contribution is 2.24. The Morgan fingerprint density at radius 1 is 1.21 bits per heavy atom. The first-order chi connectivity index (χ1) is 11.6. The van der Waals surface area contributed by atoms with E-state index < -0.39 is 10.0 Å². The van der Waals surface area contributed by atoms with Crippen LogP contribution in [0.1, 0.15) is 5.56 Å². The quantitative estimate of drug-likeness (QED) is 0.732. The van der Waals surface area contributed by atoms with Crippen LogP contribution in [-0.2, 0) is 16.6 Å². The highest BCUT2D eigenvalue weighted by atomic mass is 32.2. The van der Waals surface area contributed by atoms with Crippen molar-refractivity contribution < 1.29 is 13.2 Å². The minimum atomic E-state index is -3.63. The number of aromatic nitrogens is 1. The molecule has 0 saturated heterocycles. The number of benzene rings is 1. The van der Waals surface area contributed by atoms with Gasteiger partial charge in [0.05, 0.1) is 17.7 Å². The molecule has 3 rings (SSSR count). The maximum Gasteiger partial charge on any atom is 0.241 e. The van der Waals surface area contributed by atoms with E-state index in [4.69, 9.17) is 4.74 Å². The van der Waals surface area contributed by atoms with Gasteiger partial charge < -0.3 is 4.74 Å². The van der Waals surface area contributed by atoms with Crippen LogP contribution in [0.4, 0.5) is 0 Å². The Kier molecular flexibility index (Phi) is 4.94. The topological polar surface area (TPSA) is 68.3 Å². The van der Waals surface area contributed by atoms with Gasteiger partial charge in [0.15, 0.2) is 0 Å². The minimum Gasteiger partial charge on any atom is -0.497 e. The zero-order chi connectivity index (χ0) is 17.0. The first-order valence-electron chi connectivity index (χ1n) is 7.20. The van der Waals surface area contributed by atoms with Crippen molar-refractivity contribution in [2.75, 3.05) is 7.11 Å². The highest BCUT2D eigenvalue weighted by Gasteiger charge is 2.16. The van der Waals surface area contributed by atoms with Crippen LogP contribution in [0.25, 0.3) is 11.3 Å². The van der Waals surface area contributed by atoms with Gasteiger partial charge in [0, 0.05) is 29.8 Å². The Labute approximate surface area is 145 Å². The Balaban J connectivity index is 1.83. The summed E-state index contributed by atoms with van der Waals surface area (Å²) in [5, 5.41) is 3.95. The minimum absolute atomic E-state index is 0.165. The smallest absolute Gasteiger partial charge is 0.241 e. The average molecular weight is 360 g/mol. The van der Waals surface area contributed by atoms with Gasteiger partial charge in [-0.15, -0.1) is 0 Å². The normalized spacial score (nSPS) is 11.4. The lowest BCUT2D eigenvalue weighted by Gasteiger charge is -2.10. The zero-order valence-corrected chi connectivity index (χ0v) is 14.6. The summed E-state index contributed by atoms with van der Waals surface area (Å²) >= 11 is 1.58. The number of hydrogen-bond acceptors (Lipinski definition) is 5. The molecule has 0 atom stereocenters. The first kappa shape index (κ1) is 16.6. The summed E-state index contributed by atoms with van der Waals surface area (Å²) < 4.78 is 32.7. The standard InChI is InChI=1S/C17H16N2O3S2/c1-22-15-5-2-6-16(10-15)24(20,21)19-11-13-4-3-8-18-17(13)14-7-9-23-12-14/h2-10,12,19H,11H2,1H3. The Morgan fingerprint density at radius 3 is 2.83 bits per heavy atom. The van der Waals surface area contributed by atoms with E-state index in [0.717, 1.165) is 16.8 Å². The number of thiophene rings is 1. The van der Waals surface area contributed by atoms with Gasteiger partial charge in [-0.05, 0) is 35.2 Å². The molecule has 1 aromatic carbocycles. The van der Waals surface area contributed by atoms with Crippen LogP contribution in [0.5, 0.6) is 5.75 Å². The predicted octanol–water partition coefficient (Wildman–Crippen LogP) is 3.30. The van der Waals surface area contributed by atoms with Gasteiger partial charge in [0.2, 0.25) is 10.0 Å². The van der Waals surface area contributed by atoms with Gasteiger partial charge >= 0.3 is 0 Å². The summed E-state index contributed by atoms with van der Waals surface area (Å²) in [5.41, 5.74) is 2.59. The van der Waals surface area contributed by atoms with Crippen LogP contribution in [-0.4, -0.2) is 20.5 Å². The number of rotatable bonds is 6. The molecule has 7 heteroatoms. The van der Waals surface area contributed by atoms with Gasteiger partial charge in [-0.3, -0.25) is 4.98 Å². The van der Waals surface area contributed by atoms with E-state index in [1.807, 2.05) is 22.9 Å². The summed E-state index contributed by atoms with van der Waals surface area (Å²) in [6.45, 7) is 0.165. The number of nitrogens with zero attached hydrogens (tertiary/aromatic N) is 1. The van der Waals surface area contributed by atoms with Crippen LogP contribution < -0.4 is 9.46 Å². The highest BCUT2D eigenvalue weighted by molar-refractivity contribution is 7.89. The summed E-state index contributed by atoms with van der Waals surface area (Å²) in [7, 11) is -2.13. The van der Waals surface area contributed by atoms with Gasteiger partial charge in [0.1, 0.15) is 5.75 Å². The summed E-state index contributed by atoms with van der Waals surface area (Å²) in [5.74, 6) is 0.498. The maximum absolute atomic E-state index is 12.5. The van der Waals surface area contributed by atoms with E-state index >= 15 is 0 Å². The van der Waals surface area contributed by atoms with Crippen LogP contribution in [0.2, 0.25) is 0 Å². The Hall–Kier alpha value is -2.22. The molecule has 0 unspecified atom stereocenters. The van der Waals surface area contributed by atoms with E-state index in [1.54, 1.807) is 35.7 Å². The second kappa shape index (κ2) is 7.12. The second-order valence-electron chi connectivity index (χ2n) is 5.03. The Bertz CT molecular complexity index is 923. The zero-order valence-electron chi connectivity index (χ0n) is 13.0. The van der Waals surface area contributed by atoms with Crippen molar-refractivity contribution in [1.82, 2.24) is 9.71 Å². The number of pyridine rings is 1.